The standard InChI is InChI=1S/C63H121NO8/c1-6-8-10-12-14-16-18-20-22-24-26-27-28-29-30-31-32-33-34-36-37-39-41-43-45-47-49-51-53-60(65)70-57-59(58-71-63(62(67)68)69-56-55-64(3,4)5)72-61(66)54-52-50-48-46-44-42-40-38-35-25-23-21-19-17-15-13-11-9-7-2/h21,23,59,63H,6-20,22,24-58H2,1-5H3/p+1/b23-21-. The number of esters is 2. The number of carboxylic acids is 1. The van der Waals surface area contributed by atoms with Gasteiger partial charge in [0, 0.05) is 12.8 Å². The summed E-state index contributed by atoms with van der Waals surface area (Å²) in [4.78, 5) is 37.5. The molecular weight excluding hydrogens is 899 g/mol. The average molecular weight is 1020 g/mol. The van der Waals surface area contributed by atoms with Gasteiger partial charge in [-0.25, -0.2) is 4.79 Å². The zero-order valence-corrected chi connectivity index (χ0v) is 48.6. The Kier molecular flexibility index (Phi) is 53.8. The Morgan fingerprint density at radius 1 is 0.403 bits per heavy atom. The third-order valence-electron chi connectivity index (χ3n) is 14.3. The number of rotatable bonds is 59. The Hall–Kier alpha value is -1.97. The van der Waals surface area contributed by atoms with Gasteiger partial charge in [-0.2, -0.15) is 0 Å². The highest BCUT2D eigenvalue weighted by Gasteiger charge is 2.25. The van der Waals surface area contributed by atoms with Crippen LogP contribution in [0.4, 0.5) is 0 Å². The normalized spacial score (nSPS) is 12.7. The molecule has 0 aliphatic rings. The van der Waals surface area contributed by atoms with E-state index in [1.54, 1.807) is 0 Å². The molecule has 0 aromatic heterocycles. The molecule has 0 aromatic carbocycles. The van der Waals surface area contributed by atoms with E-state index in [0.717, 1.165) is 38.5 Å². The van der Waals surface area contributed by atoms with Gasteiger partial charge in [-0.05, 0) is 38.5 Å². The van der Waals surface area contributed by atoms with Crippen molar-refractivity contribution in [1.29, 1.82) is 0 Å². The van der Waals surface area contributed by atoms with E-state index in [9.17, 15) is 19.5 Å². The Bertz CT molecular complexity index is 1190. The van der Waals surface area contributed by atoms with Crippen LogP contribution >= 0.6 is 0 Å². The average Bonchev–Trinajstić information content (AvgIpc) is 3.35. The van der Waals surface area contributed by atoms with Crippen LogP contribution < -0.4 is 0 Å². The zero-order valence-electron chi connectivity index (χ0n) is 48.6. The summed E-state index contributed by atoms with van der Waals surface area (Å²) in [7, 11) is 5.98. The van der Waals surface area contributed by atoms with Crippen molar-refractivity contribution in [1.82, 2.24) is 0 Å². The lowest BCUT2D eigenvalue weighted by atomic mass is 10.0. The first-order valence-electron chi connectivity index (χ1n) is 31.4. The smallest absolute Gasteiger partial charge is 0.361 e. The summed E-state index contributed by atoms with van der Waals surface area (Å²) >= 11 is 0. The summed E-state index contributed by atoms with van der Waals surface area (Å²) in [5, 5.41) is 9.71. The molecule has 2 atom stereocenters. The summed E-state index contributed by atoms with van der Waals surface area (Å²) in [6, 6.07) is 0. The van der Waals surface area contributed by atoms with Gasteiger partial charge < -0.3 is 28.5 Å². The fraction of sp³-hybridized carbons (Fsp3) is 0.921. The molecule has 0 bridgehead atoms. The van der Waals surface area contributed by atoms with Crippen LogP contribution in [0.25, 0.3) is 0 Å². The highest BCUT2D eigenvalue weighted by molar-refractivity contribution is 5.71. The van der Waals surface area contributed by atoms with Gasteiger partial charge in [-0.15, -0.1) is 0 Å². The molecule has 0 rings (SSSR count). The lowest BCUT2D eigenvalue weighted by molar-refractivity contribution is -0.870. The van der Waals surface area contributed by atoms with E-state index in [0.29, 0.717) is 17.4 Å². The minimum Gasteiger partial charge on any atom is -0.477 e. The lowest BCUT2D eigenvalue weighted by Crippen LogP contribution is -2.40. The second-order valence-electron chi connectivity index (χ2n) is 22.7. The molecule has 0 spiro atoms. The quantitative estimate of drug-likeness (QED) is 0.0211. The number of ether oxygens (including phenoxy) is 4. The van der Waals surface area contributed by atoms with Gasteiger partial charge in [-0.1, -0.05) is 276 Å². The maximum Gasteiger partial charge on any atom is 0.361 e. The van der Waals surface area contributed by atoms with Crippen LogP contribution in [0.2, 0.25) is 0 Å². The molecule has 9 heteroatoms. The zero-order chi connectivity index (χ0) is 52.7. The minimum atomic E-state index is -1.51. The van der Waals surface area contributed by atoms with E-state index in [4.69, 9.17) is 18.9 Å². The Morgan fingerprint density at radius 2 is 0.708 bits per heavy atom. The Labute approximate surface area is 446 Å². The van der Waals surface area contributed by atoms with Crippen molar-refractivity contribution in [3.05, 3.63) is 12.2 Å². The van der Waals surface area contributed by atoms with E-state index in [2.05, 4.69) is 26.0 Å². The third kappa shape index (κ3) is 55.8. The lowest BCUT2D eigenvalue weighted by Gasteiger charge is -2.25. The number of hydrogen-bond acceptors (Lipinski definition) is 7. The van der Waals surface area contributed by atoms with Crippen molar-refractivity contribution in [3.63, 3.8) is 0 Å². The van der Waals surface area contributed by atoms with Crippen LogP contribution in [0.3, 0.4) is 0 Å². The Morgan fingerprint density at radius 3 is 1.03 bits per heavy atom. The third-order valence-corrected chi connectivity index (χ3v) is 14.3. The van der Waals surface area contributed by atoms with Gasteiger partial charge >= 0.3 is 17.9 Å². The first-order valence-corrected chi connectivity index (χ1v) is 31.4. The highest BCUT2D eigenvalue weighted by Crippen LogP contribution is 2.18. The van der Waals surface area contributed by atoms with Gasteiger partial charge in [0.1, 0.15) is 13.2 Å². The SMILES string of the molecule is CCCCCCCC/C=C\CCCCCCCCCCCC(=O)OC(COC(=O)CCCCCCCCCCCCCCCCCCCCCCCCCCCCCC)COC(OCC[N+](C)(C)C)C(=O)O. The number of unbranched alkanes of at least 4 members (excludes halogenated alkanes) is 42. The fourth-order valence-corrected chi connectivity index (χ4v) is 9.42. The van der Waals surface area contributed by atoms with Crippen molar-refractivity contribution in [3.8, 4) is 0 Å². The van der Waals surface area contributed by atoms with E-state index in [1.165, 1.54) is 250 Å². The number of hydrogen-bond donors (Lipinski definition) is 1. The molecule has 0 aliphatic carbocycles. The number of likely N-dealkylation sites (N-methyl/N-ethyl adjacent to an activating group) is 1. The van der Waals surface area contributed by atoms with Crippen LogP contribution in [-0.2, 0) is 33.3 Å². The summed E-state index contributed by atoms with van der Waals surface area (Å²) < 4.78 is 22.9. The molecule has 2 unspecified atom stereocenters. The van der Waals surface area contributed by atoms with E-state index >= 15 is 0 Å². The summed E-state index contributed by atoms with van der Waals surface area (Å²) in [5.74, 6) is -1.98. The number of quaternary nitrogens is 1. The van der Waals surface area contributed by atoms with Crippen molar-refractivity contribution >= 4 is 17.9 Å². The second-order valence-corrected chi connectivity index (χ2v) is 22.7. The largest absolute Gasteiger partial charge is 0.477 e. The molecule has 426 valence electrons. The van der Waals surface area contributed by atoms with Gasteiger partial charge in [0.2, 0.25) is 0 Å². The maximum atomic E-state index is 12.9. The molecule has 0 radical (unpaired) electrons. The molecule has 72 heavy (non-hydrogen) atoms. The Balaban J connectivity index is 4.11. The van der Waals surface area contributed by atoms with E-state index in [1.807, 2.05) is 21.1 Å². The van der Waals surface area contributed by atoms with Gasteiger partial charge in [0.05, 0.1) is 34.4 Å². The predicted molar refractivity (Wildman–Crippen MR) is 305 cm³/mol. The first kappa shape index (κ1) is 70.0. The van der Waals surface area contributed by atoms with Gasteiger partial charge in [0.15, 0.2) is 6.10 Å². The molecular formula is C63H122NO8+. The molecule has 0 aromatic rings. The monoisotopic (exact) mass is 1020 g/mol. The van der Waals surface area contributed by atoms with E-state index < -0.39 is 18.4 Å². The molecule has 0 saturated carbocycles. The second kappa shape index (κ2) is 55.3. The van der Waals surface area contributed by atoms with Gasteiger partial charge in [0.25, 0.3) is 6.29 Å². The predicted octanol–water partition coefficient (Wildman–Crippen LogP) is 18.5. The number of allylic oxidation sites excluding steroid dienone is 2. The number of carbonyl (C=O) groups excluding carboxylic acids is 2. The van der Waals surface area contributed by atoms with E-state index in [-0.39, 0.29) is 38.2 Å². The highest BCUT2D eigenvalue weighted by atomic mass is 16.7. The molecule has 0 heterocycles. The van der Waals surface area contributed by atoms with Crippen molar-refractivity contribution in [2.45, 2.75) is 328 Å². The molecule has 0 fully saturated rings. The number of aliphatic carboxylic acids is 1. The fourth-order valence-electron chi connectivity index (χ4n) is 9.42. The van der Waals surface area contributed by atoms with Crippen LogP contribution in [0, 0.1) is 0 Å². The number of nitrogens with zero attached hydrogens (tertiary/aromatic N) is 1. The van der Waals surface area contributed by atoms with Crippen LogP contribution in [0.1, 0.15) is 316 Å². The topological polar surface area (TPSA) is 108 Å². The summed E-state index contributed by atoms with van der Waals surface area (Å²) in [5.41, 5.74) is 0. The molecule has 1 N–H and O–H groups in total. The minimum absolute atomic E-state index is 0.176. The van der Waals surface area contributed by atoms with Gasteiger partial charge in [-0.3, -0.25) is 9.59 Å². The molecule has 0 saturated heterocycles. The van der Waals surface area contributed by atoms with Crippen LogP contribution in [-0.4, -0.2) is 87.4 Å². The molecule has 9 nitrogen and oxygen atoms in total. The van der Waals surface area contributed by atoms with Crippen molar-refractivity contribution in [2.75, 3.05) is 47.5 Å². The van der Waals surface area contributed by atoms with Crippen LogP contribution in [0.5, 0.6) is 0 Å². The molecule has 0 amide bonds. The number of carboxylic acid groups (broad SMARTS) is 1. The molecule has 0 aliphatic heterocycles. The summed E-state index contributed by atoms with van der Waals surface area (Å²) in [6.07, 6.45) is 61.6. The first-order chi connectivity index (χ1) is 35.1. The maximum absolute atomic E-state index is 12.9. The van der Waals surface area contributed by atoms with Crippen molar-refractivity contribution in [2.24, 2.45) is 0 Å². The van der Waals surface area contributed by atoms with Crippen LogP contribution in [0.15, 0.2) is 12.2 Å². The number of carbonyl (C=O) groups is 3. The summed E-state index contributed by atoms with van der Waals surface area (Å²) in [6.45, 7) is 4.94. The van der Waals surface area contributed by atoms with Crippen molar-refractivity contribution < 1.29 is 42.9 Å².